The summed E-state index contributed by atoms with van der Waals surface area (Å²) in [6.07, 6.45) is 1.12. The first kappa shape index (κ1) is 26.4. The van der Waals surface area contributed by atoms with Crippen molar-refractivity contribution in [2.75, 3.05) is 4.90 Å². The van der Waals surface area contributed by atoms with Crippen LogP contribution in [0.3, 0.4) is 0 Å². The number of anilines is 1. The van der Waals surface area contributed by atoms with Gasteiger partial charge in [0.25, 0.3) is 5.91 Å². The number of halogens is 1. The molecule has 6 rings (SSSR count). The molecular weight excluding hydrogens is 570 g/mol. The molecule has 1 aliphatic rings. The van der Waals surface area contributed by atoms with E-state index in [4.69, 9.17) is 21.0 Å². The lowest BCUT2D eigenvalue weighted by atomic mass is 10.2. The predicted octanol–water partition coefficient (Wildman–Crippen LogP) is 6.04. The molecule has 0 bridgehead atoms. The van der Waals surface area contributed by atoms with Crippen LogP contribution in [-0.4, -0.2) is 35.6 Å². The molecule has 1 unspecified atom stereocenters. The summed E-state index contributed by atoms with van der Waals surface area (Å²) in [6, 6.07) is 20.7. The Morgan fingerprint density at radius 1 is 1.05 bits per heavy atom. The summed E-state index contributed by atoms with van der Waals surface area (Å²) >= 11 is 7.52. The van der Waals surface area contributed by atoms with Crippen molar-refractivity contribution in [2.45, 2.75) is 30.8 Å². The van der Waals surface area contributed by atoms with Crippen LogP contribution in [0.25, 0.3) is 20.8 Å². The maximum atomic E-state index is 13.7. The van der Waals surface area contributed by atoms with Gasteiger partial charge in [0.15, 0.2) is 0 Å². The lowest BCUT2D eigenvalue weighted by molar-refractivity contribution is -0.122. The number of imide groups is 1. The summed E-state index contributed by atoms with van der Waals surface area (Å²) in [5.74, 6) is -0.780. The van der Waals surface area contributed by atoms with E-state index in [-0.39, 0.29) is 17.9 Å². The number of fused-ring (bicyclic) bond motifs is 1. The molecule has 2 aromatic heterocycles. The van der Waals surface area contributed by atoms with Crippen LogP contribution in [0.1, 0.15) is 17.7 Å². The summed E-state index contributed by atoms with van der Waals surface area (Å²) < 4.78 is 34.9. The smallest absolute Gasteiger partial charge is 0.252 e. The zero-order chi connectivity index (χ0) is 28.0. The summed E-state index contributed by atoms with van der Waals surface area (Å²) in [4.78, 5) is 32.5. The second-order valence-corrected chi connectivity index (χ2v) is 12.8. The number of aromatic nitrogens is 1. The van der Waals surface area contributed by atoms with Gasteiger partial charge < -0.3 is 4.42 Å². The lowest BCUT2D eigenvalue weighted by Crippen LogP contribution is -2.45. The molecule has 202 valence electrons. The minimum atomic E-state index is -4.19. The first-order valence-corrected chi connectivity index (χ1v) is 15.0. The van der Waals surface area contributed by atoms with Gasteiger partial charge in [0.05, 0.1) is 40.0 Å². The molecule has 0 spiro atoms. The maximum Gasteiger partial charge on any atom is 0.252 e. The minimum absolute atomic E-state index is 0.0439. The SMILES string of the molecule is Cc1ccc2nc(-c3ccc(N4C(=O)CC(N(Cc5ccco5)S(=O)(=O)c5ccc(Cl)cc5)C4=O)cc3)sc2c1. The Bertz CT molecular complexity index is 1830. The van der Waals surface area contributed by atoms with Crippen molar-refractivity contribution < 1.29 is 22.4 Å². The van der Waals surface area contributed by atoms with Crippen LogP contribution in [0, 0.1) is 6.92 Å². The first-order chi connectivity index (χ1) is 19.2. The van der Waals surface area contributed by atoms with Crippen molar-refractivity contribution >= 4 is 60.7 Å². The van der Waals surface area contributed by atoms with Crippen LogP contribution in [0.2, 0.25) is 5.02 Å². The van der Waals surface area contributed by atoms with E-state index in [1.165, 1.54) is 30.5 Å². The quantitative estimate of drug-likeness (QED) is 0.214. The molecule has 0 radical (unpaired) electrons. The van der Waals surface area contributed by atoms with Crippen LogP contribution in [0.15, 0.2) is 94.4 Å². The Morgan fingerprint density at radius 2 is 1.80 bits per heavy atom. The highest BCUT2D eigenvalue weighted by atomic mass is 35.5. The summed E-state index contributed by atoms with van der Waals surface area (Å²) in [5.41, 5.74) is 3.27. The van der Waals surface area contributed by atoms with Gasteiger partial charge in [0.2, 0.25) is 15.9 Å². The van der Waals surface area contributed by atoms with Crippen molar-refractivity contribution in [2.24, 2.45) is 0 Å². The number of aryl methyl sites for hydroxylation is 1. The van der Waals surface area contributed by atoms with Crippen LogP contribution in [0.5, 0.6) is 0 Å². The second-order valence-electron chi connectivity index (χ2n) is 9.41. The number of hydrogen-bond acceptors (Lipinski definition) is 7. The van der Waals surface area contributed by atoms with E-state index in [1.54, 1.807) is 47.7 Å². The van der Waals surface area contributed by atoms with Crippen molar-refractivity contribution in [3.63, 3.8) is 0 Å². The van der Waals surface area contributed by atoms with Gasteiger partial charge in [-0.2, -0.15) is 4.31 Å². The van der Waals surface area contributed by atoms with Gasteiger partial charge in [-0.05, 0) is 85.3 Å². The number of nitrogens with zero attached hydrogens (tertiary/aromatic N) is 3. The molecule has 1 aliphatic heterocycles. The van der Waals surface area contributed by atoms with E-state index in [1.807, 2.05) is 19.1 Å². The number of hydrogen-bond donors (Lipinski definition) is 0. The van der Waals surface area contributed by atoms with Gasteiger partial charge in [-0.1, -0.05) is 17.7 Å². The number of amides is 2. The molecule has 11 heteroatoms. The Labute approximate surface area is 239 Å². The molecule has 3 aromatic carbocycles. The number of rotatable bonds is 7. The largest absolute Gasteiger partial charge is 0.468 e. The summed E-state index contributed by atoms with van der Waals surface area (Å²) in [5, 5.41) is 1.20. The van der Waals surface area contributed by atoms with Crippen molar-refractivity contribution in [1.29, 1.82) is 0 Å². The topological polar surface area (TPSA) is 101 Å². The highest BCUT2D eigenvalue weighted by Gasteiger charge is 2.47. The lowest BCUT2D eigenvalue weighted by Gasteiger charge is -2.26. The average Bonchev–Trinajstić information content (AvgIpc) is 3.67. The molecular formula is C29H22ClN3O5S2. The number of benzene rings is 3. The number of carbonyl (C=O) groups excluding carboxylic acids is 2. The van der Waals surface area contributed by atoms with Crippen LogP contribution in [0.4, 0.5) is 5.69 Å². The third-order valence-corrected chi connectivity index (χ3v) is 9.89. The highest BCUT2D eigenvalue weighted by Crippen LogP contribution is 2.34. The van der Waals surface area contributed by atoms with Crippen molar-refractivity contribution in [1.82, 2.24) is 9.29 Å². The number of furan rings is 1. The molecule has 1 fully saturated rings. The highest BCUT2D eigenvalue weighted by molar-refractivity contribution is 7.89. The maximum absolute atomic E-state index is 13.7. The summed E-state index contributed by atoms with van der Waals surface area (Å²) in [7, 11) is -4.19. The third-order valence-electron chi connectivity index (χ3n) is 6.70. The van der Waals surface area contributed by atoms with Crippen molar-refractivity contribution in [3.8, 4) is 10.6 Å². The minimum Gasteiger partial charge on any atom is -0.468 e. The monoisotopic (exact) mass is 591 g/mol. The van der Waals surface area contributed by atoms with Gasteiger partial charge in [0, 0.05) is 10.6 Å². The molecule has 3 heterocycles. The average molecular weight is 592 g/mol. The number of carbonyl (C=O) groups is 2. The normalized spacial score (nSPS) is 16.0. The van der Waals surface area contributed by atoms with Crippen molar-refractivity contribution in [3.05, 3.63) is 101 Å². The fourth-order valence-electron chi connectivity index (χ4n) is 4.68. The van der Waals surface area contributed by atoms with Gasteiger partial charge in [-0.15, -0.1) is 11.3 Å². The molecule has 1 saturated heterocycles. The standard InChI is InChI=1S/C29H22ClN3O5S2/c1-18-4-13-24-26(15-18)39-28(31-24)19-5-9-21(10-6-19)33-27(34)16-25(29(33)35)32(17-22-3-2-14-38-22)40(36,37)23-11-7-20(30)8-12-23/h2-15,25H,16-17H2,1H3. The fraction of sp³-hybridized carbons (Fsp3) is 0.138. The van der Waals surface area contributed by atoms with E-state index in [0.717, 1.165) is 35.6 Å². The summed E-state index contributed by atoms with van der Waals surface area (Å²) in [6.45, 7) is 1.81. The van der Waals surface area contributed by atoms with Gasteiger partial charge >= 0.3 is 0 Å². The predicted molar refractivity (Wildman–Crippen MR) is 154 cm³/mol. The number of sulfonamides is 1. The molecule has 5 aromatic rings. The zero-order valence-corrected chi connectivity index (χ0v) is 23.5. The van der Waals surface area contributed by atoms with E-state index in [2.05, 4.69) is 6.07 Å². The molecule has 0 saturated carbocycles. The molecule has 1 atom stereocenters. The Morgan fingerprint density at radius 3 is 2.50 bits per heavy atom. The van der Waals surface area contributed by atoms with Gasteiger partial charge in [-0.3, -0.25) is 9.59 Å². The van der Waals surface area contributed by atoms with Crippen LogP contribution >= 0.6 is 22.9 Å². The first-order valence-electron chi connectivity index (χ1n) is 12.3. The van der Waals surface area contributed by atoms with Gasteiger partial charge in [0.1, 0.15) is 16.8 Å². The Hall–Kier alpha value is -3.83. The van der Waals surface area contributed by atoms with E-state index < -0.39 is 27.9 Å². The second kappa shape index (κ2) is 10.3. The van der Waals surface area contributed by atoms with E-state index >= 15 is 0 Å². The third kappa shape index (κ3) is 4.84. The fourth-order valence-corrected chi connectivity index (χ4v) is 7.42. The molecule has 0 aliphatic carbocycles. The van der Waals surface area contributed by atoms with Gasteiger partial charge in [-0.25, -0.2) is 18.3 Å². The molecule has 2 amide bonds. The molecule has 40 heavy (non-hydrogen) atoms. The number of thiazole rings is 1. The van der Waals surface area contributed by atoms with Crippen LogP contribution in [-0.2, 0) is 26.2 Å². The molecule has 8 nitrogen and oxygen atoms in total. The Kier molecular flexibility index (Phi) is 6.79. The zero-order valence-electron chi connectivity index (χ0n) is 21.2. The van der Waals surface area contributed by atoms with Crippen LogP contribution < -0.4 is 4.90 Å². The Balaban J connectivity index is 1.30. The molecule has 0 N–H and O–H groups in total. The van der Waals surface area contributed by atoms with E-state index in [0.29, 0.717) is 16.5 Å². The van der Waals surface area contributed by atoms with E-state index in [9.17, 15) is 18.0 Å².